The average Bonchev–Trinajstić information content (AvgIpc) is 2.43. The molecular formula is C17H31ClO2. The number of allylic oxidation sites excluding steroid dienone is 2. The Kier molecular flexibility index (Phi) is 16.1. The van der Waals surface area contributed by atoms with Crippen LogP contribution in [0.2, 0.25) is 0 Å². The van der Waals surface area contributed by atoms with E-state index in [-0.39, 0.29) is 5.97 Å². The molecule has 0 aromatic rings. The Bertz CT molecular complexity index is 239. The first-order valence-corrected chi connectivity index (χ1v) is 8.65. The molecule has 0 amide bonds. The maximum Gasteiger partial charge on any atom is 0.302 e. The molecule has 0 aliphatic rings. The van der Waals surface area contributed by atoms with Crippen LogP contribution in [0.1, 0.15) is 77.6 Å². The normalized spacial score (nSPS) is 11.1. The molecule has 118 valence electrons. The van der Waals surface area contributed by atoms with Crippen LogP contribution in [-0.2, 0) is 9.53 Å². The first kappa shape index (κ1) is 19.5. The van der Waals surface area contributed by atoms with Crippen molar-refractivity contribution in [1.82, 2.24) is 0 Å². The Hall–Kier alpha value is -0.500. The van der Waals surface area contributed by atoms with E-state index in [2.05, 4.69) is 12.2 Å². The summed E-state index contributed by atoms with van der Waals surface area (Å²) in [5.74, 6) is 0.569. The summed E-state index contributed by atoms with van der Waals surface area (Å²) >= 11 is 5.59. The van der Waals surface area contributed by atoms with Crippen molar-refractivity contribution in [2.24, 2.45) is 0 Å². The SMILES string of the molecule is CC(=O)OCCCCCCCCCCC/C=C\CCCl. The average molecular weight is 303 g/mol. The zero-order chi connectivity index (χ0) is 14.9. The zero-order valence-electron chi connectivity index (χ0n) is 13.0. The number of ether oxygens (including phenoxy) is 1. The van der Waals surface area contributed by atoms with Crippen LogP contribution in [-0.4, -0.2) is 18.5 Å². The van der Waals surface area contributed by atoms with Crippen LogP contribution in [0.4, 0.5) is 0 Å². The van der Waals surface area contributed by atoms with Crippen molar-refractivity contribution in [3.8, 4) is 0 Å². The zero-order valence-corrected chi connectivity index (χ0v) is 13.8. The molecule has 0 unspecified atom stereocenters. The van der Waals surface area contributed by atoms with Gasteiger partial charge in [-0.3, -0.25) is 4.79 Å². The lowest BCUT2D eigenvalue weighted by Crippen LogP contribution is -2.00. The molecule has 0 fully saturated rings. The highest BCUT2D eigenvalue weighted by molar-refractivity contribution is 6.17. The van der Waals surface area contributed by atoms with Gasteiger partial charge in [0.25, 0.3) is 0 Å². The summed E-state index contributed by atoms with van der Waals surface area (Å²) in [6.45, 7) is 2.06. The summed E-state index contributed by atoms with van der Waals surface area (Å²) in [5, 5.41) is 0. The van der Waals surface area contributed by atoms with Gasteiger partial charge in [-0.2, -0.15) is 0 Å². The molecule has 0 aromatic heterocycles. The Morgan fingerprint density at radius 3 is 1.90 bits per heavy atom. The van der Waals surface area contributed by atoms with Crippen molar-refractivity contribution in [2.75, 3.05) is 12.5 Å². The van der Waals surface area contributed by atoms with Gasteiger partial charge in [0.15, 0.2) is 0 Å². The van der Waals surface area contributed by atoms with Crippen LogP contribution in [0.15, 0.2) is 12.2 Å². The molecule has 0 saturated carbocycles. The molecule has 0 spiro atoms. The Morgan fingerprint density at radius 1 is 0.850 bits per heavy atom. The molecule has 0 heterocycles. The maximum absolute atomic E-state index is 10.5. The smallest absolute Gasteiger partial charge is 0.302 e. The summed E-state index contributed by atoms with van der Waals surface area (Å²) in [5.41, 5.74) is 0. The number of hydrogen-bond donors (Lipinski definition) is 0. The first-order valence-electron chi connectivity index (χ1n) is 8.11. The molecule has 0 saturated heterocycles. The van der Waals surface area contributed by atoms with E-state index in [1.54, 1.807) is 0 Å². The van der Waals surface area contributed by atoms with Gasteiger partial charge in [-0.05, 0) is 25.7 Å². The van der Waals surface area contributed by atoms with Gasteiger partial charge in [-0.1, -0.05) is 57.1 Å². The molecule has 0 aliphatic carbocycles. The molecule has 0 atom stereocenters. The van der Waals surface area contributed by atoms with Crippen molar-refractivity contribution in [2.45, 2.75) is 77.6 Å². The van der Waals surface area contributed by atoms with Crippen molar-refractivity contribution < 1.29 is 9.53 Å². The highest BCUT2D eigenvalue weighted by atomic mass is 35.5. The second-order valence-electron chi connectivity index (χ2n) is 5.26. The van der Waals surface area contributed by atoms with Gasteiger partial charge >= 0.3 is 5.97 Å². The van der Waals surface area contributed by atoms with Crippen LogP contribution in [0.25, 0.3) is 0 Å². The van der Waals surface area contributed by atoms with Crippen LogP contribution in [0, 0.1) is 0 Å². The van der Waals surface area contributed by atoms with Gasteiger partial charge < -0.3 is 4.74 Å². The molecule has 20 heavy (non-hydrogen) atoms. The van der Waals surface area contributed by atoms with E-state index in [0.717, 1.165) is 18.7 Å². The fraction of sp³-hybridized carbons (Fsp3) is 0.824. The van der Waals surface area contributed by atoms with Crippen LogP contribution >= 0.6 is 11.6 Å². The number of esters is 1. The highest BCUT2D eigenvalue weighted by Gasteiger charge is 1.94. The highest BCUT2D eigenvalue weighted by Crippen LogP contribution is 2.11. The van der Waals surface area contributed by atoms with E-state index in [1.165, 1.54) is 64.7 Å². The molecular weight excluding hydrogens is 272 g/mol. The third-order valence-corrected chi connectivity index (χ3v) is 3.48. The molecule has 0 aromatic carbocycles. The number of unbranched alkanes of at least 4 members (excludes halogenated alkanes) is 9. The molecule has 2 nitrogen and oxygen atoms in total. The second-order valence-corrected chi connectivity index (χ2v) is 5.64. The van der Waals surface area contributed by atoms with Gasteiger partial charge in [-0.15, -0.1) is 11.6 Å². The number of carbonyl (C=O) groups is 1. The molecule has 0 radical (unpaired) electrons. The van der Waals surface area contributed by atoms with Gasteiger partial charge in [-0.25, -0.2) is 0 Å². The van der Waals surface area contributed by atoms with Crippen molar-refractivity contribution >= 4 is 17.6 Å². The van der Waals surface area contributed by atoms with Crippen molar-refractivity contribution in [3.05, 3.63) is 12.2 Å². The fourth-order valence-electron chi connectivity index (χ4n) is 2.12. The van der Waals surface area contributed by atoms with Gasteiger partial charge in [0, 0.05) is 12.8 Å². The quantitative estimate of drug-likeness (QED) is 0.180. The fourth-order valence-corrected chi connectivity index (χ4v) is 2.24. The second kappa shape index (κ2) is 16.6. The van der Waals surface area contributed by atoms with E-state index in [9.17, 15) is 4.79 Å². The number of rotatable bonds is 14. The molecule has 0 bridgehead atoms. The standard InChI is InChI=1S/C17H31ClO2/c1-17(19)20-16-14-12-10-8-6-4-2-3-5-7-9-11-13-15-18/h9,11H,2-8,10,12-16H2,1H3/b11-9-. The lowest BCUT2D eigenvalue weighted by Gasteiger charge is -2.03. The molecule has 0 N–H and O–H groups in total. The van der Waals surface area contributed by atoms with Crippen LogP contribution < -0.4 is 0 Å². The summed E-state index contributed by atoms with van der Waals surface area (Å²) in [4.78, 5) is 10.5. The Morgan fingerprint density at radius 2 is 1.35 bits per heavy atom. The topological polar surface area (TPSA) is 26.3 Å². The van der Waals surface area contributed by atoms with Crippen molar-refractivity contribution in [3.63, 3.8) is 0 Å². The van der Waals surface area contributed by atoms with Crippen molar-refractivity contribution in [1.29, 1.82) is 0 Å². The lowest BCUT2D eigenvalue weighted by atomic mass is 10.1. The lowest BCUT2D eigenvalue weighted by molar-refractivity contribution is -0.141. The predicted octanol–water partition coefficient (Wildman–Crippen LogP) is 5.64. The number of carbonyl (C=O) groups excluding carboxylic acids is 1. The largest absolute Gasteiger partial charge is 0.466 e. The summed E-state index contributed by atoms with van der Waals surface area (Å²) in [7, 11) is 0. The maximum atomic E-state index is 10.5. The minimum atomic E-state index is -0.164. The number of alkyl halides is 1. The monoisotopic (exact) mass is 302 g/mol. The van der Waals surface area contributed by atoms with Gasteiger partial charge in [0.2, 0.25) is 0 Å². The first-order chi connectivity index (χ1) is 9.77. The Labute approximate surface area is 129 Å². The molecule has 0 rings (SSSR count). The third-order valence-electron chi connectivity index (χ3n) is 3.26. The number of hydrogen-bond acceptors (Lipinski definition) is 2. The molecule has 3 heteroatoms. The number of halogens is 1. The van der Waals surface area contributed by atoms with Crippen LogP contribution in [0.5, 0.6) is 0 Å². The van der Waals surface area contributed by atoms with Gasteiger partial charge in [0.1, 0.15) is 0 Å². The van der Waals surface area contributed by atoms with E-state index < -0.39 is 0 Å². The minimum Gasteiger partial charge on any atom is -0.466 e. The minimum absolute atomic E-state index is 0.164. The van der Waals surface area contributed by atoms with E-state index in [1.807, 2.05) is 0 Å². The Balaban J connectivity index is 3.01. The van der Waals surface area contributed by atoms with E-state index in [0.29, 0.717) is 6.61 Å². The predicted molar refractivity (Wildman–Crippen MR) is 87.3 cm³/mol. The van der Waals surface area contributed by atoms with Crippen LogP contribution in [0.3, 0.4) is 0 Å². The summed E-state index contributed by atoms with van der Waals surface area (Å²) in [6.07, 6.45) is 18.1. The van der Waals surface area contributed by atoms with E-state index >= 15 is 0 Å². The molecule has 0 aliphatic heterocycles. The summed E-state index contributed by atoms with van der Waals surface area (Å²) in [6, 6.07) is 0. The van der Waals surface area contributed by atoms with E-state index in [4.69, 9.17) is 16.3 Å². The summed E-state index contributed by atoms with van der Waals surface area (Å²) < 4.78 is 4.90. The van der Waals surface area contributed by atoms with Gasteiger partial charge in [0.05, 0.1) is 6.61 Å². The third kappa shape index (κ3) is 17.5.